The lowest BCUT2D eigenvalue weighted by atomic mass is 9.98. The van der Waals surface area contributed by atoms with Gasteiger partial charge in [0.25, 0.3) is 0 Å². The largest absolute Gasteiger partial charge is 0.381 e. The van der Waals surface area contributed by atoms with Gasteiger partial charge in [-0.15, -0.1) is 0 Å². The second-order valence-corrected chi connectivity index (χ2v) is 4.30. The van der Waals surface area contributed by atoms with E-state index in [1.807, 2.05) is 0 Å². The molecule has 1 aliphatic rings. The zero-order chi connectivity index (χ0) is 10.6. The van der Waals surface area contributed by atoms with E-state index >= 15 is 0 Å². The van der Waals surface area contributed by atoms with Gasteiger partial charge in [0.1, 0.15) is 6.10 Å². The highest BCUT2D eigenvalue weighted by molar-refractivity contribution is 5.06. The van der Waals surface area contributed by atoms with Gasteiger partial charge in [0.2, 0.25) is 0 Å². The van der Waals surface area contributed by atoms with E-state index < -0.39 is 6.10 Å². The predicted molar refractivity (Wildman–Crippen MR) is 58.9 cm³/mol. The van der Waals surface area contributed by atoms with E-state index in [9.17, 15) is 0 Å². The molecule has 0 aromatic heterocycles. The van der Waals surface area contributed by atoms with Crippen molar-refractivity contribution in [3.8, 4) is 11.8 Å². The third kappa shape index (κ3) is 3.32. The van der Waals surface area contributed by atoms with Crippen LogP contribution in [0, 0.1) is 11.8 Å². The van der Waals surface area contributed by atoms with E-state index in [4.69, 9.17) is 5.11 Å². The second kappa shape index (κ2) is 5.38. The van der Waals surface area contributed by atoms with Gasteiger partial charge in [0.05, 0.1) is 6.54 Å². The molecule has 0 aliphatic carbocycles. The number of hydrogen-bond acceptors (Lipinski definition) is 2. The molecule has 0 aromatic rings. The zero-order valence-electron chi connectivity index (χ0n) is 9.45. The van der Waals surface area contributed by atoms with Crippen LogP contribution >= 0.6 is 0 Å². The lowest BCUT2D eigenvalue weighted by molar-refractivity contribution is 0.121. The Morgan fingerprint density at radius 2 is 1.93 bits per heavy atom. The minimum atomic E-state index is -0.495. The molecule has 0 unspecified atom stereocenters. The Kier molecular flexibility index (Phi) is 4.44. The molecular weight excluding hydrogens is 174 g/mol. The average molecular weight is 195 g/mol. The smallest absolute Gasteiger partial charge is 0.112 e. The highest BCUT2D eigenvalue weighted by Gasteiger charge is 2.23. The molecule has 1 heterocycles. The molecule has 80 valence electrons. The van der Waals surface area contributed by atoms with Crippen LogP contribution in [0.25, 0.3) is 0 Å². The fraction of sp³-hybridized carbons (Fsp3) is 0.833. The van der Waals surface area contributed by atoms with E-state index in [1.54, 1.807) is 6.92 Å². The Balaban J connectivity index is 2.45. The lowest BCUT2D eigenvalue weighted by Gasteiger charge is -2.37. The molecule has 2 heteroatoms. The summed E-state index contributed by atoms with van der Waals surface area (Å²) in [6.07, 6.45) is 3.40. The van der Waals surface area contributed by atoms with Crippen molar-refractivity contribution in [2.45, 2.75) is 58.2 Å². The summed E-state index contributed by atoms with van der Waals surface area (Å²) >= 11 is 0. The molecule has 1 saturated heterocycles. The van der Waals surface area contributed by atoms with Crippen LogP contribution in [0.2, 0.25) is 0 Å². The Morgan fingerprint density at radius 1 is 1.36 bits per heavy atom. The topological polar surface area (TPSA) is 23.5 Å². The van der Waals surface area contributed by atoms with Gasteiger partial charge in [0, 0.05) is 12.1 Å². The van der Waals surface area contributed by atoms with E-state index in [2.05, 4.69) is 30.6 Å². The van der Waals surface area contributed by atoms with Crippen LogP contribution in [0.3, 0.4) is 0 Å². The fourth-order valence-corrected chi connectivity index (χ4v) is 2.07. The molecule has 2 nitrogen and oxygen atoms in total. The molecule has 1 N–H and O–H groups in total. The highest BCUT2D eigenvalue weighted by Crippen LogP contribution is 2.21. The van der Waals surface area contributed by atoms with E-state index in [0.29, 0.717) is 12.1 Å². The molecule has 0 aromatic carbocycles. The molecule has 0 radical (unpaired) electrons. The summed E-state index contributed by atoms with van der Waals surface area (Å²) in [7, 11) is 0. The van der Waals surface area contributed by atoms with Gasteiger partial charge in [-0.25, -0.2) is 0 Å². The second-order valence-electron chi connectivity index (χ2n) is 4.30. The molecule has 0 saturated carbocycles. The van der Waals surface area contributed by atoms with Crippen LogP contribution in [0.5, 0.6) is 0 Å². The first kappa shape index (κ1) is 11.6. The van der Waals surface area contributed by atoms with Crippen LogP contribution in [-0.2, 0) is 0 Å². The van der Waals surface area contributed by atoms with Gasteiger partial charge >= 0.3 is 0 Å². The molecular formula is C12H21NO. The Hall–Kier alpha value is -0.520. The van der Waals surface area contributed by atoms with Gasteiger partial charge in [-0.1, -0.05) is 18.3 Å². The van der Waals surface area contributed by atoms with Gasteiger partial charge < -0.3 is 5.11 Å². The number of likely N-dealkylation sites (tertiary alicyclic amines) is 1. The van der Waals surface area contributed by atoms with Crippen molar-refractivity contribution in [2.24, 2.45) is 0 Å². The molecule has 0 bridgehead atoms. The number of piperidine rings is 1. The van der Waals surface area contributed by atoms with Crippen molar-refractivity contribution in [1.29, 1.82) is 0 Å². The normalized spacial score (nSPS) is 30.6. The molecule has 14 heavy (non-hydrogen) atoms. The summed E-state index contributed by atoms with van der Waals surface area (Å²) in [5, 5.41) is 9.02. The third-order valence-corrected chi connectivity index (χ3v) is 2.95. The minimum Gasteiger partial charge on any atom is -0.381 e. The van der Waals surface area contributed by atoms with Crippen molar-refractivity contribution in [3.63, 3.8) is 0 Å². The first-order chi connectivity index (χ1) is 6.61. The highest BCUT2D eigenvalue weighted by atomic mass is 16.3. The average Bonchev–Trinajstić information content (AvgIpc) is 2.09. The maximum Gasteiger partial charge on any atom is 0.112 e. The number of rotatable bonds is 1. The number of nitrogens with zero attached hydrogens (tertiary/aromatic N) is 1. The van der Waals surface area contributed by atoms with Crippen LogP contribution in [-0.4, -0.2) is 34.7 Å². The van der Waals surface area contributed by atoms with Crippen molar-refractivity contribution in [1.82, 2.24) is 4.90 Å². The maximum atomic E-state index is 9.02. The molecule has 1 rings (SSSR count). The van der Waals surface area contributed by atoms with Crippen LogP contribution < -0.4 is 0 Å². The summed E-state index contributed by atoms with van der Waals surface area (Å²) in [6.45, 7) is 7.03. The molecule has 3 atom stereocenters. The first-order valence-corrected chi connectivity index (χ1v) is 5.53. The zero-order valence-corrected chi connectivity index (χ0v) is 9.45. The lowest BCUT2D eigenvalue weighted by Crippen LogP contribution is -2.43. The predicted octanol–water partition coefficient (Wildman–Crippen LogP) is 1.63. The Labute approximate surface area is 87.3 Å². The van der Waals surface area contributed by atoms with Gasteiger partial charge in [-0.3, -0.25) is 4.90 Å². The summed E-state index contributed by atoms with van der Waals surface area (Å²) in [6, 6.07) is 1.28. The van der Waals surface area contributed by atoms with Crippen molar-refractivity contribution in [2.75, 3.05) is 6.54 Å². The van der Waals surface area contributed by atoms with Crippen molar-refractivity contribution < 1.29 is 5.11 Å². The molecule has 1 fully saturated rings. The third-order valence-electron chi connectivity index (χ3n) is 2.95. The van der Waals surface area contributed by atoms with Gasteiger partial charge in [-0.05, 0) is 33.6 Å². The summed E-state index contributed by atoms with van der Waals surface area (Å²) in [4.78, 5) is 2.43. The SMILES string of the molecule is C[C@H](O)C#CCN1[C@@H](C)CCC[C@@H]1C. The fourth-order valence-electron chi connectivity index (χ4n) is 2.07. The quantitative estimate of drug-likeness (QED) is 0.643. The summed E-state index contributed by atoms with van der Waals surface area (Å²) < 4.78 is 0. The van der Waals surface area contributed by atoms with Crippen LogP contribution in [0.4, 0.5) is 0 Å². The van der Waals surface area contributed by atoms with Crippen LogP contribution in [0.15, 0.2) is 0 Å². The van der Waals surface area contributed by atoms with E-state index in [0.717, 1.165) is 6.54 Å². The molecule has 0 amide bonds. The molecule has 0 spiro atoms. The maximum absolute atomic E-state index is 9.02. The van der Waals surface area contributed by atoms with E-state index in [1.165, 1.54) is 19.3 Å². The summed E-state index contributed by atoms with van der Waals surface area (Å²) in [5.41, 5.74) is 0. The minimum absolute atomic E-state index is 0.495. The first-order valence-electron chi connectivity index (χ1n) is 5.53. The van der Waals surface area contributed by atoms with E-state index in [-0.39, 0.29) is 0 Å². The Morgan fingerprint density at radius 3 is 2.43 bits per heavy atom. The van der Waals surface area contributed by atoms with Crippen molar-refractivity contribution >= 4 is 0 Å². The number of hydrogen-bond donors (Lipinski definition) is 1. The van der Waals surface area contributed by atoms with Gasteiger partial charge in [-0.2, -0.15) is 0 Å². The van der Waals surface area contributed by atoms with Gasteiger partial charge in [0.15, 0.2) is 0 Å². The molecule has 1 aliphatic heterocycles. The van der Waals surface area contributed by atoms with Crippen molar-refractivity contribution in [3.05, 3.63) is 0 Å². The Bertz CT molecular complexity index is 216. The van der Waals surface area contributed by atoms with Crippen LogP contribution in [0.1, 0.15) is 40.0 Å². The number of aliphatic hydroxyl groups excluding tert-OH is 1. The monoisotopic (exact) mass is 195 g/mol. The standard InChI is InChI=1S/C12H21NO/c1-10-6-4-7-11(2)13(10)9-5-8-12(3)14/h10-12,14H,4,6-7,9H2,1-3H3/t10-,11-,12-/m0/s1. The number of aliphatic hydroxyl groups is 1. The summed E-state index contributed by atoms with van der Waals surface area (Å²) in [5.74, 6) is 5.84.